The second-order valence-corrected chi connectivity index (χ2v) is 7.81. The van der Waals surface area contributed by atoms with Gasteiger partial charge in [-0.1, -0.05) is 57.4 Å². The van der Waals surface area contributed by atoms with Gasteiger partial charge >= 0.3 is 0 Å². The van der Waals surface area contributed by atoms with E-state index < -0.39 is 6.04 Å². The number of nitrogens with one attached hydrogen (secondary N) is 1. The van der Waals surface area contributed by atoms with Crippen molar-refractivity contribution in [3.63, 3.8) is 0 Å². The molecule has 0 aromatic heterocycles. The zero-order valence-corrected chi connectivity index (χ0v) is 18.0. The van der Waals surface area contributed by atoms with E-state index in [1.165, 1.54) is 0 Å². The Hall–Kier alpha value is -2.14. The summed E-state index contributed by atoms with van der Waals surface area (Å²) < 4.78 is 0.983. The summed E-state index contributed by atoms with van der Waals surface area (Å²) in [6.45, 7) is 8.65. The second kappa shape index (κ2) is 9.70. The van der Waals surface area contributed by atoms with Crippen LogP contribution in [0.2, 0.25) is 0 Å². The molecule has 144 valence electrons. The Morgan fingerprint density at radius 2 is 1.63 bits per heavy atom. The first-order valence-corrected chi connectivity index (χ1v) is 9.98. The highest BCUT2D eigenvalue weighted by Gasteiger charge is 2.25. The van der Waals surface area contributed by atoms with Crippen LogP contribution in [-0.2, 0) is 22.6 Å². The van der Waals surface area contributed by atoms with Crippen LogP contribution >= 0.6 is 15.9 Å². The number of hydrogen-bond donors (Lipinski definition) is 1. The van der Waals surface area contributed by atoms with Crippen LogP contribution in [0.4, 0.5) is 0 Å². The smallest absolute Gasteiger partial charge is 0.242 e. The summed E-state index contributed by atoms with van der Waals surface area (Å²) in [5, 5.41) is 2.82. The van der Waals surface area contributed by atoms with Gasteiger partial charge < -0.3 is 10.2 Å². The lowest BCUT2D eigenvalue weighted by atomic mass is 10.0. The van der Waals surface area contributed by atoms with Crippen molar-refractivity contribution in [1.29, 1.82) is 0 Å². The zero-order valence-electron chi connectivity index (χ0n) is 16.4. The standard InChI is InChI=1S/C22H27BrN2O2/c1-5-24-22(27)17(4)25(14-18-6-8-20(23)9-7-18)21(26)13-19-11-15(2)10-16(3)12-19/h6-12,17H,5,13-14H2,1-4H3,(H,24,27)/t17-/m0/s1. The van der Waals surface area contributed by atoms with Crippen LogP contribution in [0.3, 0.4) is 0 Å². The summed E-state index contributed by atoms with van der Waals surface area (Å²) in [5.74, 6) is -0.190. The molecule has 0 unspecified atom stereocenters. The van der Waals surface area contributed by atoms with Crippen molar-refractivity contribution in [2.24, 2.45) is 0 Å². The second-order valence-electron chi connectivity index (χ2n) is 6.89. The first-order chi connectivity index (χ1) is 12.8. The Bertz CT molecular complexity index is 782. The molecule has 0 aliphatic carbocycles. The molecule has 5 heteroatoms. The van der Waals surface area contributed by atoms with Gasteiger partial charge in [0.2, 0.25) is 11.8 Å². The molecule has 4 nitrogen and oxygen atoms in total. The first kappa shape index (κ1) is 21.2. The van der Waals surface area contributed by atoms with Crippen LogP contribution in [0, 0.1) is 13.8 Å². The average Bonchev–Trinajstić information content (AvgIpc) is 2.59. The third kappa shape index (κ3) is 6.21. The summed E-state index contributed by atoms with van der Waals surface area (Å²) in [7, 11) is 0. The number of halogens is 1. The lowest BCUT2D eigenvalue weighted by Crippen LogP contribution is -2.48. The molecule has 0 aliphatic heterocycles. The molecular formula is C22H27BrN2O2. The molecular weight excluding hydrogens is 404 g/mol. The molecule has 0 radical (unpaired) electrons. The third-order valence-corrected chi connectivity index (χ3v) is 4.95. The Labute approximate surface area is 170 Å². The minimum atomic E-state index is -0.535. The number of hydrogen-bond acceptors (Lipinski definition) is 2. The van der Waals surface area contributed by atoms with Gasteiger partial charge in [-0.15, -0.1) is 0 Å². The quantitative estimate of drug-likeness (QED) is 0.716. The molecule has 2 aromatic rings. The fraction of sp³-hybridized carbons (Fsp3) is 0.364. The number of carbonyl (C=O) groups excluding carboxylic acids is 2. The monoisotopic (exact) mass is 430 g/mol. The van der Waals surface area contributed by atoms with E-state index in [4.69, 9.17) is 0 Å². The number of rotatable bonds is 7. The summed E-state index contributed by atoms with van der Waals surface area (Å²) in [4.78, 5) is 27.1. The fourth-order valence-electron chi connectivity index (χ4n) is 3.14. The predicted octanol–water partition coefficient (Wildman–Crippen LogP) is 4.16. The van der Waals surface area contributed by atoms with Gasteiger partial charge in [-0.2, -0.15) is 0 Å². The van der Waals surface area contributed by atoms with E-state index in [-0.39, 0.29) is 18.2 Å². The maximum Gasteiger partial charge on any atom is 0.242 e. The SMILES string of the molecule is CCNC(=O)[C@H](C)N(Cc1ccc(Br)cc1)C(=O)Cc1cc(C)cc(C)c1. The van der Waals surface area contributed by atoms with E-state index in [0.29, 0.717) is 13.1 Å². The molecule has 0 heterocycles. The number of aryl methyl sites for hydroxylation is 2. The number of benzene rings is 2. The first-order valence-electron chi connectivity index (χ1n) is 9.19. The van der Waals surface area contributed by atoms with Crippen molar-refractivity contribution in [3.05, 3.63) is 69.2 Å². The van der Waals surface area contributed by atoms with Crippen molar-refractivity contribution >= 4 is 27.7 Å². The van der Waals surface area contributed by atoms with E-state index >= 15 is 0 Å². The Kier molecular flexibility index (Phi) is 7.60. The van der Waals surface area contributed by atoms with E-state index in [1.54, 1.807) is 11.8 Å². The molecule has 0 spiro atoms. The molecule has 0 saturated heterocycles. The molecule has 2 amide bonds. The molecule has 0 bridgehead atoms. The van der Waals surface area contributed by atoms with E-state index in [2.05, 4.69) is 27.3 Å². The van der Waals surface area contributed by atoms with Crippen molar-refractivity contribution in [3.8, 4) is 0 Å². The summed E-state index contributed by atoms with van der Waals surface area (Å²) >= 11 is 3.43. The molecule has 2 aromatic carbocycles. The lowest BCUT2D eigenvalue weighted by Gasteiger charge is -2.29. The van der Waals surface area contributed by atoms with Crippen LogP contribution in [0.5, 0.6) is 0 Å². The molecule has 1 N–H and O–H groups in total. The maximum atomic E-state index is 13.1. The summed E-state index contributed by atoms with van der Waals surface area (Å²) in [5.41, 5.74) is 4.23. The average molecular weight is 431 g/mol. The number of nitrogens with zero attached hydrogens (tertiary/aromatic N) is 1. The fourth-order valence-corrected chi connectivity index (χ4v) is 3.40. The summed E-state index contributed by atoms with van der Waals surface area (Å²) in [6, 6.07) is 13.4. The zero-order chi connectivity index (χ0) is 20.0. The number of likely N-dealkylation sites (N-methyl/N-ethyl adjacent to an activating group) is 1. The van der Waals surface area contributed by atoms with Crippen molar-refractivity contribution in [2.45, 2.75) is 46.7 Å². The topological polar surface area (TPSA) is 49.4 Å². The summed E-state index contributed by atoms with van der Waals surface area (Å²) in [6.07, 6.45) is 0.281. The van der Waals surface area contributed by atoms with Gasteiger partial charge in [0.05, 0.1) is 6.42 Å². The minimum Gasteiger partial charge on any atom is -0.355 e. The largest absolute Gasteiger partial charge is 0.355 e. The van der Waals surface area contributed by atoms with Crippen LogP contribution in [0.25, 0.3) is 0 Å². The molecule has 0 saturated carbocycles. The predicted molar refractivity (Wildman–Crippen MR) is 112 cm³/mol. The highest BCUT2D eigenvalue weighted by Crippen LogP contribution is 2.16. The van der Waals surface area contributed by atoms with Gasteiger partial charge in [-0.25, -0.2) is 0 Å². The van der Waals surface area contributed by atoms with E-state index in [9.17, 15) is 9.59 Å². The molecule has 0 fully saturated rings. The van der Waals surface area contributed by atoms with Gasteiger partial charge in [-0.05, 0) is 51.0 Å². The van der Waals surface area contributed by atoms with Gasteiger partial charge in [0, 0.05) is 17.6 Å². The van der Waals surface area contributed by atoms with Crippen LogP contribution in [0.15, 0.2) is 46.9 Å². The maximum absolute atomic E-state index is 13.1. The van der Waals surface area contributed by atoms with Crippen LogP contribution in [-0.4, -0.2) is 29.3 Å². The molecule has 1 atom stereocenters. The highest BCUT2D eigenvalue weighted by atomic mass is 79.9. The Morgan fingerprint density at radius 1 is 1.04 bits per heavy atom. The molecule has 27 heavy (non-hydrogen) atoms. The number of amides is 2. The minimum absolute atomic E-state index is 0.0540. The van der Waals surface area contributed by atoms with E-state index in [1.807, 2.05) is 57.2 Å². The Balaban J connectivity index is 2.24. The number of carbonyl (C=O) groups is 2. The Morgan fingerprint density at radius 3 is 2.19 bits per heavy atom. The highest BCUT2D eigenvalue weighted by molar-refractivity contribution is 9.10. The van der Waals surface area contributed by atoms with Crippen LogP contribution < -0.4 is 5.32 Å². The normalized spacial score (nSPS) is 11.7. The molecule has 0 aliphatic rings. The van der Waals surface area contributed by atoms with Crippen molar-refractivity contribution in [1.82, 2.24) is 10.2 Å². The van der Waals surface area contributed by atoms with Crippen molar-refractivity contribution < 1.29 is 9.59 Å². The van der Waals surface area contributed by atoms with Crippen molar-refractivity contribution in [2.75, 3.05) is 6.54 Å². The van der Waals surface area contributed by atoms with Gasteiger partial charge in [-0.3, -0.25) is 9.59 Å². The van der Waals surface area contributed by atoms with E-state index in [0.717, 1.165) is 26.7 Å². The van der Waals surface area contributed by atoms with Gasteiger partial charge in [0.15, 0.2) is 0 Å². The molecule has 2 rings (SSSR count). The third-order valence-electron chi connectivity index (χ3n) is 4.42. The van der Waals surface area contributed by atoms with Gasteiger partial charge in [0.1, 0.15) is 6.04 Å². The van der Waals surface area contributed by atoms with Gasteiger partial charge in [0.25, 0.3) is 0 Å². The lowest BCUT2D eigenvalue weighted by molar-refractivity contribution is -0.140. The van der Waals surface area contributed by atoms with Crippen LogP contribution in [0.1, 0.15) is 36.1 Å².